The van der Waals surface area contributed by atoms with Gasteiger partial charge in [-0.15, -0.1) is 0 Å². The summed E-state index contributed by atoms with van der Waals surface area (Å²) in [7, 11) is 0. The Morgan fingerprint density at radius 2 is 1.67 bits per heavy atom. The lowest BCUT2D eigenvalue weighted by molar-refractivity contribution is 1.02. The van der Waals surface area contributed by atoms with Crippen LogP contribution in [0.3, 0.4) is 0 Å². The molecule has 21 heavy (non-hydrogen) atoms. The summed E-state index contributed by atoms with van der Waals surface area (Å²) in [6.45, 7) is 0. The quantitative estimate of drug-likeness (QED) is 0.542. The molecule has 0 spiro atoms. The molecule has 0 fully saturated rings. The largest absolute Gasteiger partial charge is 0.338 e. The van der Waals surface area contributed by atoms with Crippen LogP contribution in [0.2, 0.25) is 0 Å². The van der Waals surface area contributed by atoms with Crippen LogP contribution in [0, 0.1) is 0 Å². The summed E-state index contributed by atoms with van der Waals surface area (Å²) in [4.78, 5) is 8.21. The number of benzene rings is 3. The second kappa shape index (κ2) is 3.95. The normalized spacial score (nSPS) is 13.3. The van der Waals surface area contributed by atoms with E-state index < -0.39 is 0 Å². The number of hydrogen-bond acceptors (Lipinski definition) is 1. The van der Waals surface area contributed by atoms with Gasteiger partial charge < -0.3 is 4.98 Å². The third-order valence-electron chi connectivity index (χ3n) is 4.52. The van der Waals surface area contributed by atoms with Gasteiger partial charge in [-0.25, -0.2) is 4.98 Å². The predicted octanol–water partition coefficient (Wildman–Crippen LogP) is 4.48. The van der Waals surface area contributed by atoms with Crippen LogP contribution in [0.15, 0.2) is 54.6 Å². The summed E-state index contributed by atoms with van der Waals surface area (Å²) in [6.07, 6.45) is 2.33. The number of para-hydroxylation sites is 2. The Morgan fingerprint density at radius 3 is 2.57 bits per heavy atom. The first-order valence-corrected chi connectivity index (χ1v) is 7.39. The highest BCUT2D eigenvalue weighted by Crippen LogP contribution is 2.36. The number of H-pyrrole nitrogens is 1. The highest BCUT2D eigenvalue weighted by molar-refractivity contribution is 6.01. The number of nitrogens with zero attached hydrogens (tertiary/aromatic N) is 1. The van der Waals surface area contributed by atoms with E-state index in [-0.39, 0.29) is 0 Å². The maximum absolute atomic E-state index is 4.76. The van der Waals surface area contributed by atoms with Crippen molar-refractivity contribution in [1.29, 1.82) is 0 Å². The first-order chi connectivity index (χ1) is 10.4. The van der Waals surface area contributed by atoms with Gasteiger partial charge in [-0.3, -0.25) is 0 Å². The molecule has 3 aromatic carbocycles. The second-order valence-corrected chi connectivity index (χ2v) is 5.71. The van der Waals surface area contributed by atoms with Crippen LogP contribution < -0.4 is 0 Å². The molecule has 0 unspecified atom stereocenters. The van der Waals surface area contributed by atoms with Crippen LogP contribution in [-0.2, 0) is 12.8 Å². The van der Waals surface area contributed by atoms with E-state index in [2.05, 4.69) is 47.4 Å². The SMILES string of the molecule is c1ccc2[nH]c(-c3ccc4c5c(cccc35)CC4)nc2c1. The fourth-order valence-electron chi connectivity index (χ4n) is 3.53. The van der Waals surface area contributed by atoms with Crippen molar-refractivity contribution >= 4 is 21.8 Å². The molecule has 2 nitrogen and oxygen atoms in total. The predicted molar refractivity (Wildman–Crippen MR) is 86.4 cm³/mol. The van der Waals surface area contributed by atoms with Gasteiger partial charge >= 0.3 is 0 Å². The third kappa shape index (κ3) is 1.50. The minimum absolute atomic E-state index is 0.965. The molecule has 0 amide bonds. The van der Waals surface area contributed by atoms with Crippen molar-refractivity contribution in [3.8, 4) is 11.4 Å². The fraction of sp³-hybridized carbons (Fsp3) is 0.105. The van der Waals surface area contributed by atoms with Gasteiger partial charge in [0.15, 0.2) is 0 Å². The number of fused-ring (bicyclic) bond motifs is 1. The summed E-state index contributed by atoms with van der Waals surface area (Å²) in [5.41, 5.74) is 6.26. The zero-order valence-corrected chi connectivity index (χ0v) is 11.6. The molecule has 4 aromatic rings. The minimum atomic E-state index is 0.965. The fourth-order valence-corrected chi connectivity index (χ4v) is 3.53. The van der Waals surface area contributed by atoms with Gasteiger partial charge in [-0.2, -0.15) is 0 Å². The molecule has 1 N–H and O–H groups in total. The van der Waals surface area contributed by atoms with E-state index in [9.17, 15) is 0 Å². The van der Waals surface area contributed by atoms with Crippen molar-refractivity contribution in [2.75, 3.05) is 0 Å². The highest BCUT2D eigenvalue weighted by atomic mass is 14.9. The van der Waals surface area contributed by atoms with Crippen molar-refractivity contribution in [3.05, 3.63) is 65.7 Å². The average molecular weight is 270 g/mol. The van der Waals surface area contributed by atoms with Gasteiger partial charge in [0.25, 0.3) is 0 Å². The maximum Gasteiger partial charge on any atom is 0.139 e. The smallest absolute Gasteiger partial charge is 0.139 e. The molecule has 2 heteroatoms. The lowest BCUT2D eigenvalue weighted by atomic mass is 10.00. The Bertz CT molecular complexity index is 952. The van der Waals surface area contributed by atoms with Gasteiger partial charge in [0.1, 0.15) is 5.82 Å². The molecular formula is C19H14N2. The summed E-state index contributed by atoms with van der Waals surface area (Å²) in [5, 5.41) is 2.76. The van der Waals surface area contributed by atoms with Gasteiger partial charge in [0, 0.05) is 5.56 Å². The van der Waals surface area contributed by atoms with Crippen LogP contribution in [0.4, 0.5) is 0 Å². The molecule has 0 aliphatic heterocycles. The van der Waals surface area contributed by atoms with Gasteiger partial charge in [-0.1, -0.05) is 42.5 Å². The van der Waals surface area contributed by atoms with E-state index in [4.69, 9.17) is 4.98 Å². The summed E-state index contributed by atoms with van der Waals surface area (Å²) < 4.78 is 0. The Morgan fingerprint density at radius 1 is 0.810 bits per heavy atom. The van der Waals surface area contributed by atoms with Crippen molar-refractivity contribution in [2.24, 2.45) is 0 Å². The Kier molecular flexibility index (Phi) is 2.09. The summed E-state index contributed by atoms with van der Waals surface area (Å²) in [5.74, 6) is 0.965. The van der Waals surface area contributed by atoms with Gasteiger partial charge in [-0.05, 0) is 46.9 Å². The van der Waals surface area contributed by atoms with Crippen molar-refractivity contribution in [1.82, 2.24) is 9.97 Å². The van der Waals surface area contributed by atoms with Crippen LogP contribution in [-0.4, -0.2) is 9.97 Å². The van der Waals surface area contributed by atoms with E-state index in [0.717, 1.165) is 29.7 Å². The van der Waals surface area contributed by atoms with Gasteiger partial charge in [0.05, 0.1) is 11.0 Å². The summed E-state index contributed by atoms with van der Waals surface area (Å²) >= 11 is 0. The number of hydrogen-bond donors (Lipinski definition) is 1. The van der Waals surface area contributed by atoms with E-state index in [1.165, 1.54) is 27.5 Å². The number of aromatic amines is 1. The third-order valence-corrected chi connectivity index (χ3v) is 4.52. The molecule has 0 saturated heterocycles. The lowest BCUT2D eigenvalue weighted by Crippen LogP contribution is -1.86. The second-order valence-electron chi connectivity index (χ2n) is 5.71. The molecule has 1 aliphatic carbocycles. The molecule has 0 radical (unpaired) electrons. The number of aromatic nitrogens is 2. The topological polar surface area (TPSA) is 28.7 Å². The zero-order chi connectivity index (χ0) is 13.8. The number of imidazole rings is 1. The van der Waals surface area contributed by atoms with Crippen molar-refractivity contribution in [2.45, 2.75) is 12.8 Å². The molecule has 1 aliphatic rings. The average Bonchev–Trinajstić information content (AvgIpc) is 3.13. The van der Waals surface area contributed by atoms with Crippen molar-refractivity contribution < 1.29 is 0 Å². The van der Waals surface area contributed by atoms with E-state index in [1.54, 1.807) is 0 Å². The van der Waals surface area contributed by atoms with Gasteiger partial charge in [0.2, 0.25) is 0 Å². The first kappa shape index (κ1) is 11.1. The first-order valence-electron chi connectivity index (χ1n) is 7.39. The number of aryl methyl sites for hydroxylation is 2. The lowest BCUT2D eigenvalue weighted by Gasteiger charge is -2.06. The van der Waals surface area contributed by atoms with E-state index in [1.807, 2.05) is 12.1 Å². The highest BCUT2D eigenvalue weighted by Gasteiger charge is 2.17. The minimum Gasteiger partial charge on any atom is -0.338 e. The van der Waals surface area contributed by atoms with Crippen LogP contribution in [0.5, 0.6) is 0 Å². The Hall–Kier alpha value is -2.61. The summed E-state index contributed by atoms with van der Waals surface area (Å²) in [6, 6.07) is 19.3. The molecule has 100 valence electrons. The molecule has 5 rings (SSSR count). The molecule has 0 atom stereocenters. The standard InChI is InChI=1S/C19H14N2/c1-2-7-17-16(6-1)20-19(21-17)15-11-10-13-9-8-12-4-3-5-14(15)18(12)13/h1-7,10-11H,8-9H2,(H,20,21). The van der Waals surface area contributed by atoms with Crippen LogP contribution >= 0.6 is 0 Å². The monoisotopic (exact) mass is 270 g/mol. The molecular weight excluding hydrogens is 256 g/mol. The maximum atomic E-state index is 4.76. The molecule has 1 aromatic heterocycles. The number of rotatable bonds is 1. The van der Waals surface area contributed by atoms with Crippen LogP contribution in [0.25, 0.3) is 33.2 Å². The van der Waals surface area contributed by atoms with Crippen LogP contribution in [0.1, 0.15) is 11.1 Å². The zero-order valence-electron chi connectivity index (χ0n) is 11.6. The number of nitrogens with one attached hydrogen (secondary N) is 1. The molecule has 1 heterocycles. The Labute approximate surface area is 122 Å². The molecule has 0 bridgehead atoms. The molecule has 0 saturated carbocycles. The van der Waals surface area contributed by atoms with Crippen molar-refractivity contribution in [3.63, 3.8) is 0 Å². The van der Waals surface area contributed by atoms with E-state index >= 15 is 0 Å². The Balaban J connectivity index is 1.85. The van der Waals surface area contributed by atoms with E-state index in [0.29, 0.717) is 0 Å².